The number of hydrogen-bond donors (Lipinski definition) is 3. The number of aromatic nitrogens is 2. The molecule has 35 heavy (non-hydrogen) atoms. The first kappa shape index (κ1) is 23.5. The van der Waals surface area contributed by atoms with Gasteiger partial charge in [0.05, 0.1) is 33.5 Å². The molecule has 4 N–H and O–H groups in total. The largest absolute Gasteiger partial charge is 0.326 e. The molecule has 0 bridgehead atoms. The van der Waals surface area contributed by atoms with Crippen LogP contribution in [0.5, 0.6) is 0 Å². The van der Waals surface area contributed by atoms with E-state index in [1.165, 1.54) is 11.8 Å². The van der Waals surface area contributed by atoms with E-state index in [-0.39, 0.29) is 17.5 Å². The van der Waals surface area contributed by atoms with Crippen LogP contribution in [0.1, 0.15) is 36.9 Å². The zero-order chi connectivity index (χ0) is 24.4. The Hall–Kier alpha value is -3.19. The molecule has 1 aromatic carbocycles. The Morgan fingerprint density at radius 1 is 1.17 bits per heavy atom. The van der Waals surface area contributed by atoms with Crippen molar-refractivity contribution in [3.63, 3.8) is 0 Å². The van der Waals surface area contributed by atoms with Gasteiger partial charge in [-0.3, -0.25) is 9.59 Å². The van der Waals surface area contributed by atoms with Crippen molar-refractivity contribution in [3.05, 3.63) is 64.1 Å². The van der Waals surface area contributed by atoms with Gasteiger partial charge in [-0.15, -0.1) is 11.8 Å². The van der Waals surface area contributed by atoms with E-state index in [1.54, 1.807) is 28.8 Å². The van der Waals surface area contributed by atoms with E-state index in [2.05, 4.69) is 21.7 Å². The summed E-state index contributed by atoms with van der Waals surface area (Å²) >= 11 is 1.52. The molecule has 3 aromatic rings. The minimum absolute atomic E-state index is 0.00830. The van der Waals surface area contributed by atoms with Crippen molar-refractivity contribution in [2.75, 3.05) is 11.1 Å². The molecule has 8 nitrogen and oxygen atoms in total. The highest BCUT2D eigenvalue weighted by Crippen LogP contribution is 2.30. The van der Waals surface area contributed by atoms with Crippen LogP contribution in [0, 0.1) is 17.2 Å². The van der Waals surface area contributed by atoms with Gasteiger partial charge in [-0.2, -0.15) is 5.26 Å². The van der Waals surface area contributed by atoms with Crippen molar-refractivity contribution in [3.8, 4) is 6.07 Å². The second kappa shape index (κ2) is 10.2. The van der Waals surface area contributed by atoms with Crippen molar-refractivity contribution in [1.29, 1.82) is 5.26 Å². The molecule has 1 saturated carbocycles. The zero-order valence-electron chi connectivity index (χ0n) is 19.4. The van der Waals surface area contributed by atoms with Gasteiger partial charge in [0.2, 0.25) is 5.91 Å². The minimum Gasteiger partial charge on any atom is -0.326 e. The fourth-order valence-corrected chi connectivity index (χ4v) is 5.77. The van der Waals surface area contributed by atoms with Gasteiger partial charge in [0, 0.05) is 31.2 Å². The Bertz CT molecular complexity index is 1360. The van der Waals surface area contributed by atoms with Crippen molar-refractivity contribution in [1.82, 2.24) is 14.9 Å². The number of hydrogen-bond acceptors (Lipinski definition) is 7. The smallest absolute Gasteiger partial charge is 0.251 e. The number of rotatable bonds is 6. The van der Waals surface area contributed by atoms with E-state index in [1.807, 2.05) is 18.2 Å². The molecule has 1 aliphatic heterocycles. The van der Waals surface area contributed by atoms with Crippen LogP contribution in [-0.4, -0.2) is 33.3 Å². The first-order valence-electron chi connectivity index (χ1n) is 12.0. The molecule has 0 radical (unpaired) electrons. The summed E-state index contributed by atoms with van der Waals surface area (Å²) in [4.78, 5) is 29.8. The summed E-state index contributed by atoms with van der Waals surface area (Å²) in [6.07, 6.45) is 4.01. The molecule has 3 heterocycles. The van der Waals surface area contributed by atoms with Crippen LogP contribution in [0.4, 0.5) is 5.82 Å². The van der Waals surface area contributed by atoms with E-state index < -0.39 is 0 Å². The summed E-state index contributed by atoms with van der Waals surface area (Å²) in [5, 5.41) is 16.6. The standard InChI is InChI=1S/C26H28N6O2S/c27-12-16-1-2-18-5-10-25(34)32(22(18)11-16)14-21(28)17-3-6-19(7-4-17)29-13-20-8-9-23-26(30-20)31-24(33)15-35-23/h1-2,5,8-11,17,19,21,29H,3-4,6-7,13-15,28H2,(H,30,31,33)/t17?,19?,21-/m1/s1. The lowest BCUT2D eigenvalue weighted by Gasteiger charge is -2.33. The molecule has 1 atom stereocenters. The normalized spacial score (nSPS) is 20.6. The van der Waals surface area contributed by atoms with Gasteiger partial charge in [0.25, 0.3) is 5.56 Å². The number of nitrogens with one attached hydrogen (secondary N) is 2. The van der Waals surface area contributed by atoms with Crippen LogP contribution >= 0.6 is 11.8 Å². The molecule has 1 aliphatic carbocycles. The minimum atomic E-state index is -0.131. The van der Waals surface area contributed by atoms with Crippen molar-refractivity contribution in [2.24, 2.45) is 11.7 Å². The van der Waals surface area contributed by atoms with Crippen molar-refractivity contribution < 1.29 is 4.79 Å². The van der Waals surface area contributed by atoms with Gasteiger partial charge < -0.3 is 20.9 Å². The molecule has 1 amide bonds. The summed E-state index contributed by atoms with van der Waals surface area (Å²) in [5.74, 6) is 1.42. The Labute approximate surface area is 207 Å². The fraction of sp³-hybridized carbons (Fsp3) is 0.385. The molecule has 2 aliphatic rings. The fourth-order valence-electron chi connectivity index (χ4n) is 5.01. The lowest BCUT2D eigenvalue weighted by molar-refractivity contribution is -0.113. The van der Waals surface area contributed by atoms with Crippen molar-refractivity contribution in [2.45, 2.75) is 55.8 Å². The molecule has 0 unspecified atom stereocenters. The maximum absolute atomic E-state index is 12.6. The average molecular weight is 489 g/mol. The third-order valence-electron chi connectivity index (χ3n) is 7.00. The van der Waals surface area contributed by atoms with Crippen LogP contribution in [0.15, 0.2) is 52.2 Å². The third kappa shape index (κ3) is 5.25. The molecule has 5 rings (SSSR count). The molecule has 1 fully saturated rings. The van der Waals surface area contributed by atoms with Gasteiger partial charge in [-0.1, -0.05) is 6.07 Å². The summed E-state index contributed by atoms with van der Waals surface area (Å²) in [6, 6.07) is 15.2. The number of nitrogens with zero attached hydrogens (tertiary/aromatic N) is 3. The number of thioether (sulfide) groups is 1. The third-order valence-corrected chi connectivity index (χ3v) is 8.04. The van der Waals surface area contributed by atoms with Gasteiger partial charge >= 0.3 is 0 Å². The van der Waals surface area contributed by atoms with Crippen LogP contribution in [-0.2, 0) is 17.9 Å². The van der Waals surface area contributed by atoms with Crippen LogP contribution in [0.25, 0.3) is 10.9 Å². The van der Waals surface area contributed by atoms with Crippen LogP contribution in [0.3, 0.4) is 0 Å². The molecule has 9 heteroatoms. The van der Waals surface area contributed by atoms with Crippen molar-refractivity contribution >= 4 is 34.4 Å². The predicted octanol–water partition coefficient (Wildman–Crippen LogP) is 2.99. The lowest BCUT2D eigenvalue weighted by atomic mass is 9.81. The van der Waals surface area contributed by atoms with E-state index in [0.717, 1.165) is 47.2 Å². The highest BCUT2D eigenvalue weighted by atomic mass is 32.2. The van der Waals surface area contributed by atoms with Gasteiger partial charge in [0.15, 0.2) is 0 Å². The maximum atomic E-state index is 12.6. The summed E-state index contributed by atoms with van der Waals surface area (Å²) in [7, 11) is 0. The van der Waals surface area contributed by atoms with Crippen LogP contribution < -0.4 is 21.9 Å². The molecular formula is C26H28N6O2S. The highest BCUT2D eigenvalue weighted by molar-refractivity contribution is 8.00. The number of nitriles is 1. The molecular weight excluding hydrogens is 460 g/mol. The van der Waals surface area contributed by atoms with E-state index in [0.29, 0.717) is 42.2 Å². The Kier molecular flexibility index (Phi) is 6.86. The predicted molar refractivity (Wildman–Crippen MR) is 137 cm³/mol. The van der Waals surface area contributed by atoms with Gasteiger partial charge in [-0.25, -0.2) is 4.98 Å². The summed E-state index contributed by atoms with van der Waals surface area (Å²) < 4.78 is 1.71. The quantitative estimate of drug-likeness (QED) is 0.487. The van der Waals surface area contributed by atoms with E-state index >= 15 is 0 Å². The molecule has 0 saturated heterocycles. The first-order chi connectivity index (χ1) is 17.0. The molecule has 2 aromatic heterocycles. The number of carbonyl (C=O) groups is 1. The number of amides is 1. The zero-order valence-corrected chi connectivity index (χ0v) is 20.2. The summed E-state index contributed by atoms with van der Waals surface area (Å²) in [6.45, 7) is 1.10. The lowest BCUT2D eigenvalue weighted by Crippen LogP contribution is -2.42. The average Bonchev–Trinajstić information content (AvgIpc) is 2.88. The number of carbonyl (C=O) groups excluding carboxylic acids is 1. The Balaban J connectivity index is 1.17. The Morgan fingerprint density at radius 3 is 2.77 bits per heavy atom. The number of pyridine rings is 2. The number of nitrogens with two attached hydrogens (primary N) is 1. The molecule has 0 spiro atoms. The van der Waals surface area contributed by atoms with Gasteiger partial charge in [0.1, 0.15) is 5.82 Å². The maximum Gasteiger partial charge on any atom is 0.251 e. The second-order valence-electron chi connectivity index (χ2n) is 9.31. The summed E-state index contributed by atoms with van der Waals surface area (Å²) in [5.41, 5.74) is 8.72. The Morgan fingerprint density at radius 2 is 1.97 bits per heavy atom. The molecule has 180 valence electrons. The number of anilines is 1. The van der Waals surface area contributed by atoms with Gasteiger partial charge in [-0.05, 0) is 67.3 Å². The monoisotopic (exact) mass is 488 g/mol. The number of benzene rings is 1. The number of fused-ring (bicyclic) bond motifs is 2. The second-order valence-corrected chi connectivity index (χ2v) is 10.3. The van der Waals surface area contributed by atoms with E-state index in [4.69, 9.17) is 5.73 Å². The highest BCUT2D eigenvalue weighted by Gasteiger charge is 2.26. The van der Waals surface area contributed by atoms with Crippen LogP contribution in [0.2, 0.25) is 0 Å². The van der Waals surface area contributed by atoms with E-state index in [9.17, 15) is 14.9 Å². The topological polar surface area (TPSA) is 126 Å². The SMILES string of the molecule is N#Cc1ccc2ccc(=O)n(C[C@@H](N)C3CCC(NCc4ccc5c(n4)NC(=O)CS5)CC3)c2c1. The first-order valence-corrected chi connectivity index (χ1v) is 12.9.